The first-order valence-electron chi connectivity index (χ1n) is 5.51. The van der Waals surface area contributed by atoms with Gasteiger partial charge in [0.2, 0.25) is 0 Å². The average molecular weight is 245 g/mol. The lowest BCUT2D eigenvalue weighted by atomic mass is 10.2. The Morgan fingerprint density at radius 2 is 2.00 bits per heavy atom. The molecule has 0 amide bonds. The van der Waals surface area contributed by atoms with Gasteiger partial charge in [0.1, 0.15) is 0 Å². The van der Waals surface area contributed by atoms with Crippen LogP contribution < -0.4 is 17.0 Å². The number of nitrogens with one attached hydrogen (secondary N) is 1. The maximum Gasteiger partial charge on any atom is 0.276 e. The van der Waals surface area contributed by atoms with Crippen LogP contribution >= 0.6 is 0 Å². The Bertz CT molecular complexity index is 620. The van der Waals surface area contributed by atoms with Gasteiger partial charge >= 0.3 is 0 Å². The van der Waals surface area contributed by atoms with Crippen molar-refractivity contribution < 1.29 is 0 Å². The molecule has 0 spiro atoms. The minimum atomic E-state index is -0.135. The SMILES string of the molecule is Cc1[nH]n(-c2ccccc2)c(=O)c1CN=C(N)N. The molecule has 1 aromatic carbocycles. The molecule has 0 saturated heterocycles. The van der Waals surface area contributed by atoms with E-state index in [2.05, 4.69) is 10.1 Å². The number of H-pyrrole nitrogens is 1. The van der Waals surface area contributed by atoms with Crippen molar-refractivity contribution in [3.63, 3.8) is 0 Å². The Morgan fingerprint density at radius 3 is 2.61 bits per heavy atom. The summed E-state index contributed by atoms with van der Waals surface area (Å²) >= 11 is 0. The predicted molar refractivity (Wildman–Crippen MR) is 70.6 cm³/mol. The lowest BCUT2D eigenvalue weighted by molar-refractivity contribution is 0.834. The van der Waals surface area contributed by atoms with Crippen molar-refractivity contribution in [3.8, 4) is 5.69 Å². The largest absolute Gasteiger partial charge is 0.370 e. The molecule has 0 fully saturated rings. The third-order valence-electron chi connectivity index (χ3n) is 2.63. The normalized spacial score (nSPS) is 10.3. The highest BCUT2D eigenvalue weighted by Gasteiger charge is 2.11. The molecule has 1 heterocycles. The third-order valence-corrected chi connectivity index (χ3v) is 2.63. The number of para-hydroxylation sites is 1. The number of benzene rings is 1. The Labute approximate surface area is 104 Å². The molecule has 0 atom stereocenters. The first-order chi connectivity index (χ1) is 8.59. The minimum Gasteiger partial charge on any atom is -0.370 e. The summed E-state index contributed by atoms with van der Waals surface area (Å²) in [5, 5.41) is 3.01. The third kappa shape index (κ3) is 2.27. The van der Waals surface area contributed by atoms with Gasteiger partial charge in [0, 0.05) is 5.69 Å². The van der Waals surface area contributed by atoms with E-state index in [1.54, 1.807) is 0 Å². The van der Waals surface area contributed by atoms with Gasteiger partial charge in [-0.2, -0.15) is 0 Å². The molecule has 0 radical (unpaired) electrons. The zero-order chi connectivity index (χ0) is 13.1. The van der Waals surface area contributed by atoms with Crippen LogP contribution in [-0.4, -0.2) is 15.7 Å². The molecular weight excluding hydrogens is 230 g/mol. The maximum absolute atomic E-state index is 12.2. The van der Waals surface area contributed by atoms with Crippen LogP contribution in [0.15, 0.2) is 40.1 Å². The van der Waals surface area contributed by atoms with Crippen molar-refractivity contribution in [2.24, 2.45) is 16.5 Å². The molecule has 0 saturated carbocycles. The summed E-state index contributed by atoms with van der Waals surface area (Å²) in [7, 11) is 0. The Kier molecular flexibility index (Phi) is 3.18. The summed E-state index contributed by atoms with van der Waals surface area (Å²) in [6.07, 6.45) is 0. The number of aryl methyl sites for hydroxylation is 1. The molecule has 2 aromatic rings. The molecule has 0 aliphatic carbocycles. The van der Waals surface area contributed by atoms with E-state index in [1.165, 1.54) is 4.68 Å². The van der Waals surface area contributed by atoms with E-state index in [0.29, 0.717) is 5.56 Å². The van der Waals surface area contributed by atoms with E-state index in [9.17, 15) is 4.79 Å². The summed E-state index contributed by atoms with van der Waals surface area (Å²) in [5.74, 6) is -0.0266. The van der Waals surface area contributed by atoms with Crippen LogP contribution in [-0.2, 0) is 6.54 Å². The Balaban J connectivity index is 2.45. The van der Waals surface area contributed by atoms with E-state index in [4.69, 9.17) is 11.5 Å². The van der Waals surface area contributed by atoms with E-state index in [0.717, 1.165) is 11.4 Å². The van der Waals surface area contributed by atoms with Gasteiger partial charge in [0.25, 0.3) is 5.56 Å². The summed E-state index contributed by atoms with van der Waals surface area (Å²) < 4.78 is 1.48. The van der Waals surface area contributed by atoms with Gasteiger partial charge in [-0.3, -0.25) is 9.89 Å². The van der Waals surface area contributed by atoms with Gasteiger partial charge in [0.05, 0.1) is 17.8 Å². The second-order valence-electron chi connectivity index (χ2n) is 3.93. The number of aromatic amines is 1. The molecule has 6 nitrogen and oxygen atoms in total. The number of hydrogen-bond donors (Lipinski definition) is 3. The standard InChI is InChI=1S/C12H15N5O/c1-8-10(7-15-12(13)14)11(18)17(16-8)9-5-3-2-4-6-9/h2-6,16H,7H2,1H3,(H4,13,14,15). The molecule has 18 heavy (non-hydrogen) atoms. The Morgan fingerprint density at radius 1 is 1.33 bits per heavy atom. The minimum absolute atomic E-state index is 0.0266. The summed E-state index contributed by atoms with van der Waals surface area (Å²) in [4.78, 5) is 16.0. The first-order valence-corrected chi connectivity index (χ1v) is 5.51. The molecule has 2 rings (SSSR count). The number of rotatable bonds is 3. The van der Waals surface area contributed by atoms with Crippen molar-refractivity contribution in [2.45, 2.75) is 13.5 Å². The van der Waals surface area contributed by atoms with Crippen LogP contribution in [0.25, 0.3) is 5.69 Å². The van der Waals surface area contributed by atoms with Crippen molar-refractivity contribution in [3.05, 3.63) is 51.9 Å². The molecule has 0 aliphatic heterocycles. The molecule has 5 N–H and O–H groups in total. The van der Waals surface area contributed by atoms with Crippen LogP contribution in [0.5, 0.6) is 0 Å². The average Bonchev–Trinajstić information content (AvgIpc) is 2.63. The molecule has 1 aromatic heterocycles. The van der Waals surface area contributed by atoms with Gasteiger partial charge < -0.3 is 11.5 Å². The lowest BCUT2D eigenvalue weighted by Crippen LogP contribution is -2.23. The van der Waals surface area contributed by atoms with Crippen LogP contribution in [0.2, 0.25) is 0 Å². The monoisotopic (exact) mass is 245 g/mol. The smallest absolute Gasteiger partial charge is 0.276 e. The molecule has 0 unspecified atom stereocenters. The van der Waals surface area contributed by atoms with Crippen LogP contribution in [0.4, 0.5) is 0 Å². The topological polar surface area (TPSA) is 102 Å². The maximum atomic E-state index is 12.2. The van der Waals surface area contributed by atoms with Crippen molar-refractivity contribution >= 4 is 5.96 Å². The number of nitrogens with two attached hydrogens (primary N) is 2. The zero-order valence-electron chi connectivity index (χ0n) is 10.1. The fraction of sp³-hybridized carbons (Fsp3) is 0.167. The van der Waals surface area contributed by atoms with Crippen molar-refractivity contribution in [1.82, 2.24) is 9.78 Å². The fourth-order valence-electron chi connectivity index (χ4n) is 1.70. The Hall–Kier alpha value is -2.50. The second-order valence-corrected chi connectivity index (χ2v) is 3.93. The van der Waals surface area contributed by atoms with E-state index in [1.807, 2.05) is 37.3 Å². The van der Waals surface area contributed by atoms with Crippen molar-refractivity contribution in [2.75, 3.05) is 0 Å². The second kappa shape index (κ2) is 4.79. The molecule has 0 bridgehead atoms. The van der Waals surface area contributed by atoms with Crippen molar-refractivity contribution in [1.29, 1.82) is 0 Å². The van der Waals surface area contributed by atoms with Gasteiger partial charge in [-0.25, -0.2) is 9.67 Å². The van der Waals surface area contributed by atoms with Gasteiger partial charge in [0.15, 0.2) is 5.96 Å². The highest BCUT2D eigenvalue weighted by atomic mass is 16.1. The number of aromatic nitrogens is 2. The summed E-state index contributed by atoms with van der Waals surface area (Å²) in [5.41, 5.74) is 12.5. The quantitative estimate of drug-likeness (QED) is 0.533. The number of nitrogens with zero attached hydrogens (tertiary/aromatic N) is 2. The highest BCUT2D eigenvalue weighted by Crippen LogP contribution is 2.07. The molecule has 94 valence electrons. The number of guanidine groups is 1. The zero-order valence-corrected chi connectivity index (χ0v) is 10.1. The van der Waals surface area contributed by atoms with Gasteiger partial charge in [-0.1, -0.05) is 18.2 Å². The first kappa shape index (κ1) is 12.0. The van der Waals surface area contributed by atoms with Crippen LogP contribution in [0.1, 0.15) is 11.3 Å². The molecular formula is C12H15N5O. The van der Waals surface area contributed by atoms with Crippen LogP contribution in [0.3, 0.4) is 0 Å². The number of hydrogen-bond acceptors (Lipinski definition) is 2. The fourth-order valence-corrected chi connectivity index (χ4v) is 1.70. The van der Waals surface area contributed by atoms with Gasteiger partial charge in [-0.15, -0.1) is 0 Å². The van der Waals surface area contributed by atoms with E-state index >= 15 is 0 Å². The summed E-state index contributed by atoms with van der Waals surface area (Å²) in [6, 6.07) is 9.33. The number of aliphatic imine (C=N–C) groups is 1. The van der Waals surface area contributed by atoms with Crippen LogP contribution in [0, 0.1) is 6.92 Å². The molecule has 6 heteroatoms. The van der Waals surface area contributed by atoms with Gasteiger partial charge in [-0.05, 0) is 19.1 Å². The lowest BCUT2D eigenvalue weighted by Gasteiger charge is -1.99. The molecule has 0 aliphatic rings. The van der Waals surface area contributed by atoms with E-state index < -0.39 is 0 Å². The predicted octanol–water partition coefficient (Wildman–Crippen LogP) is 0.247. The summed E-state index contributed by atoms with van der Waals surface area (Å²) in [6.45, 7) is 2.00. The van der Waals surface area contributed by atoms with E-state index in [-0.39, 0.29) is 18.1 Å². The highest BCUT2D eigenvalue weighted by molar-refractivity contribution is 5.75.